The van der Waals surface area contributed by atoms with E-state index in [2.05, 4.69) is 20.5 Å². The first-order chi connectivity index (χ1) is 12.8. The number of fused-ring (bicyclic) bond motifs is 1. The zero-order valence-corrected chi connectivity index (χ0v) is 13.9. The summed E-state index contributed by atoms with van der Waals surface area (Å²) in [5, 5.41) is 31.5. The van der Waals surface area contributed by atoms with Gasteiger partial charge in [-0.25, -0.2) is 0 Å². The SMILES string of the molecule is Oc1cc(C(F)(F)F)ccc1-c1nnc(NC2CC(O)C2)c2ncccc12. The van der Waals surface area contributed by atoms with Crippen LogP contribution in [-0.2, 0) is 6.18 Å². The van der Waals surface area contributed by atoms with E-state index in [1.807, 2.05) is 0 Å². The van der Waals surface area contributed by atoms with Crippen LogP contribution in [0.15, 0.2) is 36.5 Å². The van der Waals surface area contributed by atoms with Crippen molar-refractivity contribution < 1.29 is 23.4 Å². The Kier molecular flexibility index (Phi) is 4.11. The largest absolute Gasteiger partial charge is 0.507 e. The van der Waals surface area contributed by atoms with Crippen LogP contribution >= 0.6 is 0 Å². The summed E-state index contributed by atoms with van der Waals surface area (Å²) in [5.74, 6) is -0.107. The monoisotopic (exact) mass is 376 g/mol. The van der Waals surface area contributed by atoms with E-state index in [1.54, 1.807) is 18.3 Å². The number of aliphatic hydroxyl groups is 1. The van der Waals surface area contributed by atoms with Crippen LogP contribution < -0.4 is 5.32 Å². The second-order valence-corrected chi connectivity index (χ2v) is 6.49. The Bertz CT molecular complexity index is 1000. The van der Waals surface area contributed by atoms with Crippen molar-refractivity contribution in [3.05, 3.63) is 42.1 Å². The number of pyridine rings is 1. The second kappa shape index (κ2) is 6.34. The van der Waals surface area contributed by atoms with E-state index < -0.39 is 17.5 Å². The zero-order chi connectivity index (χ0) is 19.2. The lowest BCUT2D eigenvalue weighted by Crippen LogP contribution is -2.39. The van der Waals surface area contributed by atoms with E-state index >= 15 is 0 Å². The number of rotatable bonds is 3. The number of phenols is 1. The number of aromatic hydroxyl groups is 1. The topological polar surface area (TPSA) is 91.2 Å². The first-order valence-corrected chi connectivity index (χ1v) is 8.29. The van der Waals surface area contributed by atoms with E-state index in [0.717, 1.165) is 6.07 Å². The van der Waals surface area contributed by atoms with Crippen LogP contribution in [0.25, 0.3) is 22.2 Å². The van der Waals surface area contributed by atoms with E-state index in [0.29, 0.717) is 35.6 Å². The lowest BCUT2D eigenvalue weighted by Gasteiger charge is -2.32. The molecule has 1 aliphatic rings. The molecule has 0 amide bonds. The summed E-state index contributed by atoms with van der Waals surface area (Å²) in [6.07, 6.45) is -2.12. The van der Waals surface area contributed by atoms with Crippen molar-refractivity contribution in [2.45, 2.75) is 31.2 Å². The molecule has 1 saturated carbocycles. The van der Waals surface area contributed by atoms with Gasteiger partial charge in [0.05, 0.1) is 11.7 Å². The molecule has 0 aliphatic heterocycles. The molecule has 0 unspecified atom stereocenters. The van der Waals surface area contributed by atoms with Crippen LogP contribution in [0.3, 0.4) is 0 Å². The van der Waals surface area contributed by atoms with E-state index in [1.165, 1.54) is 6.07 Å². The normalized spacial score (nSPS) is 19.7. The van der Waals surface area contributed by atoms with E-state index in [9.17, 15) is 23.4 Å². The highest BCUT2D eigenvalue weighted by atomic mass is 19.4. The fourth-order valence-electron chi connectivity index (χ4n) is 3.09. The summed E-state index contributed by atoms with van der Waals surface area (Å²) in [5.41, 5.74) is -0.0770. The van der Waals surface area contributed by atoms with Gasteiger partial charge in [0.2, 0.25) is 0 Å². The number of anilines is 1. The molecular formula is C18H15F3N4O2. The molecule has 1 aromatic carbocycles. The predicted molar refractivity (Wildman–Crippen MR) is 92.1 cm³/mol. The molecule has 3 aromatic rings. The molecule has 4 rings (SSSR count). The van der Waals surface area contributed by atoms with Gasteiger partial charge in [-0.05, 0) is 43.2 Å². The lowest BCUT2D eigenvalue weighted by molar-refractivity contribution is -0.137. The van der Waals surface area contributed by atoms with Gasteiger partial charge < -0.3 is 15.5 Å². The van der Waals surface area contributed by atoms with Gasteiger partial charge in [-0.15, -0.1) is 10.2 Å². The van der Waals surface area contributed by atoms with Gasteiger partial charge in [0, 0.05) is 23.2 Å². The number of nitrogens with zero attached hydrogens (tertiary/aromatic N) is 3. The van der Waals surface area contributed by atoms with Gasteiger partial charge in [0.25, 0.3) is 0 Å². The van der Waals surface area contributed by atoms with Gasteiger partial charge in [0.15, 0.2) is 5.82 Å². The zero-order valence-electron chi connectivity index (χ0n) is 13.9. The van der Waals surface area contributed by atoms with Crippen molar-refractivity contribution in [1.82, 2.24) is 15.2 Å². The van der Waals surface area contributed by atoms with E-state index in [4.69, 9.17) is 0 Å². The first kappa shape index (κ1) is 17.5. The van der Waals surface area contributed by atoms with Crippen LogP contribution in [0.1, 0.15) is 18.4 Å². The molecule has 27 heavy (non-hydrogen) atoms. The number of hydrogen-bond donors (Lipinski definition) is 3. The Morgan fingerprint density at radius 1 is 1.11 bits per heavy atom. The lowest BCUT2D eigenvalue weighted by atomic mass is 9.89. The third-order valence-corrected chi connectivity index (χ3v) is 4.57. The van der Waals surface area contributed by atoms with Crippen molar-refractivity contribution >= 4 is 16.7 Å². The van der Waals surface area contributed by atoms with Crippen molar-refractivity contribution in [2.75, 3.05) is 5.32 Å². The summed E-state index contributed by atoms with van der Waals surface area (Å²) < 4.78 is 38.5. The highest BCUT2D eigenvalue weighted by Crippen LogP contribution is 2.38. The van der Waals surface area contributed by atoms with Crippen LogP contribution in [0.4, 0.5) is 19.0 Å². The Labute approximate surface area is 151 Å². The fourth-order valence-corrected chi connectivity index (χ4v) is 3.09. The Balaban J connectivity index is 1.77. The van der Waals surface area contributed by atoms with Gasteiger partial charge in [0.1, 0.15) is 17.0 Å². The van der Waals surface area contributed by atoms with Crippen molar-refractivity contribution in [3.63, 3.8) is 0 Å². The third-order valence-electron chi connectivity index (χ3n) is 4.57. The minimum Gasteiger partial charge on any atom is -0.507 e. The van der Waals surface area contributed by atoms with Gasteiger partial charge in [-0.1, -0.05) is 0 Å². The van der Waals surface area contributed by atoms with Crippen LogP contribution in [0.2, 0.25) is 0 Å². The quantitative estimate of drug-likeness (QED) is 0.649. The molecule has 0 bridgehead atoms. The molecule has 0 atom stereocenters. The minimum absolute atomic E-state index is 0.0600. The molecule has 1 fully saturated rings. The Morgan fingerprint density at radius 3 is 2.56 bits per heavy atom. The van der Waals surface area contributed by atoms with Gasteiger partial charge >= 0.3 is 6.18 Å². The highest BCUT2D eigenvalue weighted by molar-refractivity contribution is 5.98. The summed E-state index contributed by atoms with van der Waals surface area (Å²) in [4.78, 5) is 4.30. The van der Waals surface area contributed by atoms with Crippen molar-refractivity contribution in [3.8, 4) is 17.0 Å². The molecule has 2 heterocycles. The average Bonchev–Trinajstić information content (AvgIpc) is 2.60. The summed E-state index contributed by atoms with van der Waals surface area (Å²) in [6, 6.07) is 6.17. The maximum Gasteiger partial charge on any atom is 0.416 e. The summed E-state index contributed by atoms with van der Waals surface area (Å²) >= 11 is 0. The van der Waals surface area contributed by atoms with Gasteiger partial charge in [-0.3, -0.25) is 4.98 Å². The third kappa shape index (κ3) is 3.25. The molecule has 0 spiro atoms. The summed E-state index contributed by atoms with van der Waals surface area (Å²) in [6.45, 7) is 0. The molecule has 6 nitrogen and oxygen atoms in total. The molecule has 9 heteroatoms. The van der Waals surface area contributed by atoms with Crippen LogP contribution in [0, 0.1) is 0 Å². The number of hydrogen-bond acceptors (Lipinski definition) is 6. The average molecular weight is 376 g/mol. The number of halogens is 3. The molecule has 1 aliphatic carbocycles. The number of aliphatic hydroxyl groups excluding tert-OH is 1. The maximum absolute atomic E-state index is 12.8. The minimum atomic E-state index is -4.55. The second-order valence-electron chi connectivity index (χ2n) is 6.49. The van der Waals surface area contributed by atoms with Crippen molar-refractivity contribution in [2.24, 2.45) is 0 Å². The Morgan fingerprint density at radius 2 is 1.89 bits per heavy atom. The number of benzene rings is 1. The number of phenolic OH excluding ortho intramolecular Hbond substituents is 1. The van der Waals surface area contributed by atoms with Crippen LogP contribution in [-0.4, -0.2) is 37.5 Å². The number of aromatic nitrogens is 3. The fraction of sp³-hybridized carbons (Fsp3) is 0.278. The molecular weight excluding hydrogens is 361 g/mol. The predicted octanol–water partition coefficient (Wildman–Crippen LogP) is 3.35. The van der Waals surface area contributed by atoms with E-state index in [-0.39, 0.29) is 23.4 Å². The molecule has 3 N–H and O–H groups in total. The van der Waals surface area contributed by atoms with Crippen LogP contribution in [0.5, 0.6) is 5.75 Å². The van der Waals surface area contributed by atoms with Crippen molar-refractivity contribution in [1.29, 1.82) is 0 Å². The maximum atomic E-state index is 12.8. The highest BCUT2D eigenvalue weighted by Gasteiger charge is 2.32. The number of alkyl halides is 3. The standard InChI is InChI=1S/C18H15F3N4O2/c19-18(20,21)9-3-4-12(14(27)6-9)15-13-2-1-5-22-16(13)17(25-24-15)23-10-7-11(26)8-10/h1-6,10-11,26-27H,7-8H2,(H,23,25). The first-order valence-electron chi connectivity index (χ1n) is 8.29. The summed E-state index contributed by atoms with van der Waals surface area (Å²) in [7, 11) is 0. The smallest absolute Gasteiger partial charge is 0.416 e. The molecule has 140 valence electrons. The Hall–Kier alpha value is -2.94. The molecule has 0 radical (unpaired) electrons. The van der Waals surface area contributed by atoms with Gasteiger partial charge in [-0.2, -0.15) is 13.2 Å². The number of nitrogens with one attached hydrogen (secondary N) is 1. The molecule has 2 aromatic heterocycles. The molecule has 0 saturated heterocycles.